The molecule has 2 heterocycles. The van der Waals surface area contributed by atoms with Gasteiger partial charge in [0.1, 0.15) is 0 Å². The first kappa shape index (κ1) is 15.8. The lowest BCUT2D eigenvalue weighted by atomic mass is 9.81. The van der Waals surface area contributed by atoms with Crippen LogP contribution in [0.15, 0.2) is 12.1 Å². The Balaban J connectivity index is 1.61. The number of nitrogens with one attached hydrogen (secondary N) is 1. The summed E-state index contributed by atoms with van der Waals surface area (Å²) in [6, 6.07) is 3.70. The molecule has 2 aliphatic rings. The second kappa shape index (κ2) is 5.83. The van der Waals surface area contributed by atoms with Gasteiger partial charge in [-0.05, 0) is 44.2 Å². The Morgan fingerprint density at radius 3 is 2.87 bits per heavy atom. The minimum Gasteiger partial charge on any atom is -0.481 e. The lowest BCUT2D eigenvalue weighted by molar-refractivity contribution is -0.149. The molecule has 23 heavy (non-hydrogen) atoms. The number of fused-ring (bicyclic) bond motifs is 1. The first-order valence-corrected chi connectivity index (χ1v) is 8.12. The highest BCUT2D eigenvalue weighted by molar-refractivity contribution is 5.80. The van der Waals surface area contributed by atoms with Gasteiger partial charge < -0.3 is 15.3 Å². The molecule has 1 aliphatic carbocycles. The van der Waals surface area contributed by atoms with Crippen LogP contribution < -0.4 is 5.32 Å². The van der Waals surface area contributed by atoms with Crippen molar-refractivity contribution in [1.29, 1.82) is 0 Å². The smallest absolute Gasteiger partial charge is 0.317 e. The van der Waals surface area contributed by atoms with Gasteiger partial charge in [-0.3, -0.25) is 9.78 Å². The number of hydrogen-bond acceptors (Lipinski definition) is 3. The zero-order valence-electron chi connectivity index (χ0n) is 13.6. The van der Waals surface area contributed by atoms with Crippen LogP contribution in [-0.4, -0.2) is 40.1 Å². The average Bonchev–Trinajstić information content (AvgIpc) is 3.06. The lowest BCUT2D eigenvalue weighted by Gasteiger charge is -2.23. The maximum atomic E-state index is 12.4. The molecule has 0 unspecified atom stereocenters. The lowest BCUT2D eigenvalue weighted by Crippen LogP contribution is -2.41. The van der Waals surface area contributed by atoms with Crippen LogP contribution in [0, 0.1) is 25.2 Å². The maximum Gasteiger partial charge on any atom is 0.317 e. The van der Waals surface area contributed by atoms with Gasteiger partial charge in [-0.15, -0.1) is 0 Å². The molecule has 1 saturated carbocycles. The standard InChI is InChI=1S/C17H23N3O3/c1-11-5-6-14(19-12(11)2)8-18-16(23)20-9-13-4-3-7-17(13,10-20)15(21)22/h5-6,13H,3-4,7-10H2,1-2H3,(H,18,23)(H,21,22)/t13-,17+/m0/s1. The van der Waals surface area contributed by atoms with E-state index in [9.17, 15) is 14.7 Å². The number of carbonyl (C=O) groups excluding carboxylic acids is 1. The van der Waals surface area contributed by atoms with Gasteiger partial charge in [0.25, 0.3) is 0 Å². The molecule has 124 valence electrons. The van der Waals surface area contributed by atoms with Gasteiger partial charge in [-0.25, -0.2) is 4.79 Å². The van der Waals surface area contributed by atoms with Crippen molar-refractivity contribution in [2.45, 2.75) is 39.7 Å². The minimum atomic E-state index is -0.758. The van der Waals surface area contributed by atoms with Crippen molar-refractivity contribution in [3.63, 3.8) is 0 Å². The van der Waals surface area contributed by atoms with E-state index in [1.54, 1.807) is 4.90 Å². The summed E-state index contributed by atoms with van der Waals surface area (Å²) in [7, 11) is 0. The molecule has 3 rings (SSSR count). The number of nitrogens with zero attached hydrogens (tertiary/aromatic N) is 2. The molecule has 1 aromatic heterocycles. The minimum absolute atomic E-state index is 0.0884. The zero-order chi connectivity index (χ0) is 16.6. The molecule has 6 nitrogen and oxygen atoms in total. The summed E-state index contributed by atoms with van der Waals surface area (Å²) >= 11 is 0. The Morgan fingerprint density at radius 1 is 1.43 bits per heavy atom. The molecule has 2 amide bonds. The van der Waals surface area contributed by atoms with Gasteiger partial charge >= 0.3 is 12.0 Å². The summed E-state index contributed by atoms with van der Waals surface area (Å²) in [5.74, 6) is -0.670. The van der Waals surface area contributed by atoms with Crippen LogP contribution in [-0.2, 0) is 11.3 Å². The molecule has 2 atom stereocenters. The summed E-state index contributed by atoms with van der Waals surface area (Å²) < 4.78 is 0. The van der Waals surface area contributed by atoms with E-state index in [4.69, 9.17) is 0 Å². The number of amides is 2. The van der Waals surface area contributed by atoms with Crippen molar-refractivity contribution in [2.75, 3.05) is 13.1 Å². The normalized spacial score (nSPS) is 26.2. The van der Waals surface area contributed by atoms with Crippen LogP contribution >= 0.6 is 0 Å². The molecule has 1 saturated heterocycles. The Kier molecular flexibility index (Phi) is 4.00. The fourth-order valence-electron chi connectivity index (χ4n) is 3.85. The fraction of sp³-hybridized carbons (Fsp3) is 0.588. The number of aryl methyl sites for hydroxylation is 2. The predicted molar refractivity (Wildman–Crippen MR) is 84.9 cm³/mol. The Morgan fingerprint density at radius 2 is 2.22 bits per heavy atom. The Labute approximate surface area is 135 Å². The third kappa shape index (κ3) is 2.78. The highest BCUT2D eigenvalue weighted by Gasteiger charge is 2.55. The fourth-order valence-corrected chi connectivity index (χ4v) is 3.85. The van der Waals surface area contributed by atoms with Gasteiger partial charge in [0.15, 0.2) is 0 Å². The molecule has 1 aromatic rings. The summed E-state index contributed by atoms with van der Waals surface area (Å²) in [6.07, 6.45) is 2.52. The Hall–Kier alpha value is -2.11. The van der Waals surface area contributed by atoms with Gasteiger partial charge in [-0.1, -0.05) is 12.5 Å². The monoisotopic (exact) mass is 317 g/mol. The number of likely N-dealkylation sites (tertiary alicyclic amines) is 1. The number of carboxylic acids is 1. The maximum absolute atomic E-state index is 12.4. The molecule has 1 aliphatic heterocycles. The van der Waals surface area contributed by atoms with E-state index in [0.29, 0.717) is 26.1 Å². The SMILES string of the molecule is Cc1ccc(CNC(=O)N2C[C@@H]3CCC[C@@]3(C(=O)O)C2)nc1C. The number of urea groups is 1. The van der Waals surface area contributed by atoms with E-state index < -0.39 is 11.4 Å². The first-order valence-electron chi connectivity index (χ1n) is 8.12. The van der Waals surface area contributed by atoms with E-state index in [2.05, 4.69) is 10.3 Å². The number of hydrogen-bond donors (Lipinski definition) is 2. The first-order chi connectivity index (χ1) is 10.9. The topological polar surface area (TPSA) is 82.5 Å². The van der Waals surface area contributed by atoms with Crippen LogP contribution in [0.3, 0.4) is 0 Å². The van der Waals surface area contributed by atoms with Crippen molar-refractivity contribution in [1.82, 2.24) is 15.2 Å². The molecular weight excluding hydrogens is 294 g/mol. The van der Waals surface area contributed by atoms with Crippen LogP contribution in [0.2, 0.25) is 0 Å². The number of carboxylic acid groups (broad SMARTS) is 1. The van der Waals surface area contributed by atoms with E-state index >= 15 is 0 Å². The number of rotatable bonds is 3. The third-order valence-electron chi connectivity index (χ3n) is 5.41. The molecular formula is C17H23N3O3. The molecule has 0 aromatic carbocycles. The molecule has 0 spiro atoms. The van der Waals surface area contributed by atoms with Crippen LogP contribution in [0.25, 0.3) is 0 Å². The zero-order valence-corrected chi connectivity index (χ0v) is 13.6. The molecule has 2 fully saturated rings. The van der Waals surface area contributed by atoms with Gasteiger partial charge in [0.05, 0.1) is 17.7 Å². The number of pyridine rings is 1. The summed E-state index contributed by atoms with van der Waals surface area (Å²) in [6.45, 7) is 5.16. The van der Waals surface area contributed by atoms with Gasteiger partial charge in [0.2, 0.25) is 0 Å². The third-order valence-corrected chi connectivity index (χ3v) is 5.41. The molecule has 6 heteroatoms. The van der Waals surface area contributed by atoms with Gasteiger partial charge in [-0.2, -0.15) is 0 Å². The van der Waals surface area contributed by atoms with Crippen molar-refractivity contribution in [2.24, 2.45) is 11.3 Å². The van der Waals surface area contributed by atoms with Crippen molar-refractivity contribution in [3.05, 3.63) is 29.1 Å². The second-order valence-corrected chi connectivity index (χ2v) is 6.79. The van der Waals surface area contributed by atoms with Crippen molar-refractivity contribution in [3.8, 4) is 0 Å². The summed E-state index contributed by atoms with van der Waals surface area (Å²) in [5, 5.41) is 12.4. The average molecular weight is 317 g/mol. The van der Waals surface area contributed by atoms with Gasteiger partial charge in [0, 0.05) is 18.8 Å². The summed E-state index contributed by atoms with van der Waals surface area (Å²) in [4.78, 5) is 30.1. The number of aliphatic carboxylic acids is 1. The van der Waals surface area contributed by atoms with Crippen LogP contribution in [0.1, 0.15) is 36.2 Å². The predicted octanol–water partition coefficient (Wildman–Crippen LogP) is 2.09. The largest absolute Gasteiger partial charge is 0.481 e. The highest BCUT2D eigenvalue weighted by Crippen LogP contribution is 2.48. The van der Waals surface area contributed by atoms with Crippen molar-refractivity contribution < 1.29 is 14.7 Å². The molecule has 2 N–H and O–H groups in total. The Bertz CT molecular complexity index is 646. The molecule has 0 radical (unpaired) electrons. The van der Waals surface area contributed by atoms with Crippen molar-refractivity contribution >= 4 is 12.0 Å². The second-order valence-electron chi connectivity index (χ2n) is 6.79. The van der Waals surface area contributed by atoms with Crippen LogP contribution in [0.4, 0.5) is 4.79 Å². The van der Waals surface area contributed by atoms with E-state index in [1.165, 1.54) is 0 Å². The highest BCUT2D eigenvalue weighted by atomic mass is 16.4. The quantitative estimate of drug-likeness (QED) is 0.894. The van der Waals surface area contributed by atoms with E-state index in [-0.39, 0.29) is 11.9 Å². The number of aromatic nitrogens is 1. The summed E-state index contributed by atoms with van der Waals surface area (Å²) in [5.41, 5.74) is 2.16. The number of carbonyl (C=O) groups is 2. The van der Waals surface area contributed by atoms with E-state index in [1.807, 2.05) is 26.0 Å². The van der Waals surface area contributed by atoms with E-state index in [0.717, 1.165) is 29.8 Å². The molecule has 0 bridgehead atoms. The van der Waals surface area contributed by atoms with Crippen LogP contribution in [0.5, 0.6) is 0 Å².